The minimum atomic E-state index is -5.06. The van der Waals surface area contributed by atoms with E-state index in [1.807, 2.05) is 0 Å². The number of carboxylic acid groups (broad SMARTS) is 1. The van der Waals surface area contributed by atoms with Crippen LogP contribution in [0.3, 0.4) is 0 Å². The number of rotatable bonds is 5. The average Bonchev–Trinajstić information content (AvgIpc) is 2.18. The predicted molar refractivity (Wildman–Crippen MR) is 54.0 cm³/mol. The van der Waals surface area contributed by atoms with Gasteiger partial charge in [-0.05, 0) is 24.1 Å². The second kappa shape index (κ2) is 6.89. The van der Waals surface area contributed by atoms with Gasteiger partial charge in [0.05, 0.1) is 0 Å². The summed E-state index contributed by atoms with van der Waals surface area (Å²) in [6.45, 7) is 0. The first-order chi connectivity index (χ1) is 7.78. The quantitative estimate of drug-likeness (QED) is 0.515. The number of nitrogens with two attached hydrogens (primary N) is 1. The van der Waals surface area contributed by atoms with Crippen molar-refractivity contribution < 1.29 is 45.8 Å². The summed E-state index contributed by atoms with van der Waals surface area (Å²) in [5, 5.41) is 8.58. The molecule has 1 rings (SSSR count). The van der Waals surface area contributed by atoms with Gasteiger partial charge in [-0.3, -0.25) is 4.79 Å². The zero-order chi connectivity index (χ0) is 13.1. The third kappa shape index (κ3) is 6.16. The predicted octanol–water partition coefficient (Wildman–Crippen LogP) is -1.15. The van der Waals surface area contributed by atoms with Crippen molar-refractivity contribution in [3.8, 4) is 5.75 Å². The Hall–Kier alpha value is -0.881. The molecule has 7 nitrogen and oxygen atoms in total. The molecule has 0 aliphatic heterocycles. The summed E-state index contributed by atoms with van der Waals surface area (Å²) in [6.07, 6.45) is 0.0992. The van der Waals surface area contributed by atoms with Crippen LogP contribution in [-0.2, 0) is 32.8 Å². The molecule has 0 amide bonds. The third-order valence-corrected chi connectivity index (χ3v) is 2.35. The summed E-state index contributed by atoms with van der Waals surface area (Å²) in [7, 11) is -5.06. The molecule has 0 fully saturated rings. The van der Waals surface area contributed by atoms with Crippen LogP contribution in [0, 0.1) is 0 Å². The summed E-state index contributed by atoms with van der Waals surface area (Å²) in [5.41, 5.74) is 5.91. The van der Waals surface area contributed by atoms with Crippen LogP contribution < -0.4 is 20.0 Å². The summed E-state index contributed by atoms with van der Waals surface area (Å²) in [5.74, 6) is -1.25. The van der Waals surface area contributed by atoms with Crippen LogP contribution in [0.1, 0.15) is 5.56 Å². The maximum Gasteiger partial charge on any atom is 2.00 e. The van der Waals surface area contributed by atoms with E-state index in [2.05, 4.69) is 4.52 Å². The van der Waals surface area contributed by atoms with Crippen molar-refractivity contribution in [3.63, 3.8) is 0 Å². The van der Waals surface area contributed by atoms with E-state index in [0.717, 1.165) is 0 Å². The first kappa shape index (κ1) is 17.1. The first-order valence-corrected chi connectivity index (χ1v) is 6.03. The Labute approximate surface area is 114 Å². The molecule has 0 heterocycles. The van der Waals surface area contributed by atoms with Gasteiger partial charge in [-0.25, -0.2) is 0 Å². The molecule has 9 heteroatoms. The molecule has 18 heavy (non-hydrogen) atoms. The van der Waals surface area contributed by atoms with Crippen molar-refractivity contribution in [3.05, 3.63) is 29.8 Å². The van der Waals surface area contributed by atoms with Crippen molar-refractivity contribution >= 4 is 13.8 Å². The van der Waals surface area contributed by atoms with Crippen molar-refractivity contribution in [1.82, 2.24) is 0 Å². The molecule has 0 bridgehead atoms. The maximum absolute atomic E-state index is 10.5. The number of hydrogen-bond donors (Lipinski definition) is 2. The van der Waals surface area contributed by atoms with E-state index in [4.69, 9.17) is 10.8 Å². The fraction of sp³-hybridized carbons (Fsp3) is 0.222. The van der Waals surface area contributed by atoms with Gasteiger partial charge in [-0.15, -0.1) is 0 Å². The SMILES string of the molecule is N[C@@H](Cc1ccc(OP(=O)([O-])[O-])cc1)C(=O)O.[Cu+2]. The second-order valence-corrected chi connectivity index (χ2v) is 4.41. The molecule has 0 saturated carbocycles. The largest absolute Gasteiger partial charge is 2.00 e. The number of carboxylic acids is 1. The zero-order valence-electron chi connectivity index (χ0n) is 8.91. The molecule has 0 spiro atoms. The molecule has 0 aliphatic carbocycles. The normalized spacial score (nSPS) is 12.4. The molecular formula is C9H10CuNO6P. The van der Waals surface area contributed by atoms with Crippen LogP contribution in [0.2, 0.25) is 0 Å². The fourth-order valence-electron chi connectivity index (χ4n) is 1.16. The van der Waals surface area contributed by atoms with Gasteiger partial charge >= 0.3 is 23.0 Å². The van der Waals surface area contributed by atoms with Crippen molar-refractivity contribution in [2.24, 2.45) is 5.73 Å². The Kier molecular flexibility index (Phi) is 6.56. The second-order valence-electron chi connectivity index (χ2n) is 3.33. The fourth-order valence-corrected chi connectivity index (χ4v) is 1.54. The van der Waals surface area contributed by atoms with Crippen molar-refractivity contribution in [2.45, 2.75) is 12.5 Å². The zero-order valence-corrected chi connectivity index (χ0v) is 10.7. The molecule has 3 N–H and O–H groups in total. The van der Waals surface area contributed by atoms with Gasteiger partial charge in [0.2, 0.25) is 0 Å². The molecule has 1 aromatic carbocycles. The van der Waals surface area contributed by atoms with Crippen LogP contribution in [0.25, 0.3) is 0 Å². The van der Waals surface area contributed by atoms with Gasteiger partial charge in [0.25, 0.3) is 0 Å². The minimum Gasteiger partial charge on any atom is -0.780 e. The van der Waals surface area contributed by atoms with Crippen LogP contribution >= 0.6 is 7.82 Å². The Morgan fingerprint density at radius 1 is 1.39 bits per heavy atom. The Morgan fingerprint density at radius 2 is 1.89 bits per heavy atom. The van der Waals surface area contributed by atoms with Crippen LogP contribution in [0.5, 0.6) is 5.75 Å². The number of carbonyl (C=O) groups is 1. The smallest absolute Gasteiger partial charge is 0.780 e. The van der Waals surface area contributed by atoms with Gasteiger partial charge in [-0.1, -0.05) is 12.1 Å². The van der Waals surface area contributed by atoms with Crippen LogP contribution in [-0.4, -0.2) is 17.1 Å². The summed E-state index contributed by atoms with van der Waals surface area (Å²) in [4.78, 5) is 31.1. The summed E-state index contributed by atoms with van der Waals surface area (Å²) in [6, 6.07) is 4.35. The van der Waals surface area contributed by atoms with E-state index >= 15 is 0 Å². The molecule has 1 radical (unpaired) electrons. The molecule has 103 valence electrons. The number of phosphoric acid groups is 1. The molecule has 1 atom stereocenters. The monoisotopic (exact) mass is 322 g/mol. The molecule has 0 saturated heterocycles. The van der Waals surface area contributed by atoms with Crippen LogP contribution in [0.4, 0.5) is 0 Å². The maximum atomic E-state index is 10.5. The van der Waals surface area contributed by atoms with Gasteiger partial charge in [0.15, 0.2) is 0 Å². The molecule has 0 aliphatic rings. The number of benzene rings is 1. The van der Waals surface area contributed by atoms with Gasteiger partial charge in [-0.2, -0.15) is 0 Å². The molecular weight excluding hydrogens is 313 g/mol. The molecule has 0 aromatic heterocycles. The van der Waals surface area contributed by atoms with E-state index in [1.165, 1.54) is 24.3 Å². The Morgan fingerprint density at radius 3 is 2.28 bits per heavy atom. The van der Waals surface area contributed by atoms with Gasteiger partial charge < -0.3 is 29.7 Å². The molecule has 1 aromatic rings. The van der Waals surface area contributed by atoms with Crippen molar-refractivity contribution in [1.29, 1.82) is 0 Å². The number of aliphatic carboxylic acids is 1. The van der Waals surface area contributed by atoms with E-state index < -0.39 is 19.8 Å². The number of phosphoric ester groups is 1. The Bertz CT molecular complexity index is 445. The standard InChI is InChI=1S/C9H12NO6P.Cu/c10-8(9(11)12)5-6-1-3-7(4-2-6)16-17(13,14)15;/h1-4,8H,5,10H2,(H,11,12)(H2,13,14,15);/q;+2/p-2/t8-;/m0./s1. The van der Waals surface area contributed by atoms with E-state index in [0.29, 0.717) is 5.56 Å². The van der Waals surface area contributed by atoms with Crippen LogP contribution in [0.15, 0.2) is 24.3 Å². The van der Waals surface area contributed by atoms with E-state index in [1.54, 1.807) is 0 Å². The Balaban J connectivity index is 0.00000289. The topological polar surface area (TPSA) is 136 Å². The first-order valence-electron chi connectivity index (χ1n) is 4.57. The van der Waals surface area contributed by atoms with Crippen molar-refractivity contribution in [2.75, 3.05) is 0 Å². The van der Waals surface area contributed by atoms with Gasteiger partial charge in [0, 0.05) is 0 Å². The van der Waals surface area contributed by atoms with E-state index in [9.17, 15) is 19.1 Å². The summed E-state index contributed by atoms with van der Waals surface area (Å²) >= 11 is 0. The average molecular weight is 323 g/mol. The summed E-state index contributed by atoms with van der Waals surface area (Å²) < 4.78 is 14.4. The van der Waals surface area contributed by atoms with E-state index in [-0.39, 0.29) is 29.2 Å². The minimum absolute atomic E-state index is 0. The number of hydrogen-bond acceptors (Lipinski definition) is 6. The van der Waals surface area contributed by atoms with Gasteiger partial charge in [0.1, 0.15) is 19.6 Å². The third-order valence-electron chi connectivity index (χ3n) is 1.91. The molecule has 0 unspecified atom stereocenters.